The molecule has 0 atom stereocenters. The van der Waals surface area contributed by atoms with Crippen molar-refractivity contribution in [3.63, 3.8) is 0 Å². The zero-order valence-electron chi connectivity index (χ0n) is 9.55. The van der Waals surface area contributed by atoms with Crippen LogP contribution in [0.15, 0.2) is 53.3 Å². The van der Waals surface area contributed by atoms with Crippen LogP contribution in [0.1, 0.15) is 5.56 Å². The second kappa shape index (κ2) is 4.55. The summed E-state index contributed by atoms with van der Waals surface area (Å²) in [7, 11) is 0. The molecular weight excluding hydrogens is 292 g/mol. The number of rotatable bonds is 2. The van der Waals surface area contributed by atoms with E-state index in [0.717, 1.165) is 26.9 Å². The van der Waals surface area contributed by atoms with Crippen LogP contribution in [-0.2, 0) is 6.61 Å². The van der Waals surface area contributed by atoms with Crippen LogP contribution in [0.2, 0.25) is 0 Å². The van der Waals surface area contributed by atoms with Crippen molar-refractivity contribution in [2.75, 3.05) is 0 Å². The van der Waals surface area contributed by atoms with Crippen molar-refractivity contribution >= 4 is 21.6 Å². The normalized spacial score (nSPS) is 11.0. The van der Waals surface area contributed by atoms with E-state index >= 15 is 0 Å². The van der Waals surface area contributed by atoms with E-state index in [1.54, 1.807) is 0 Å². The van der Waals surface area contributed by atoms with Crippen LogP contribution >= 0.6 is 15.9 Å². The fourth-order valence-electron chi connectivity index (χ4n) is 1.98. The Kier molecular flexibility index (Phi) is 2.89. The third kappa shape index (κ3) is 1.94. The minimum atomic E-state index is -0.000717. The Morgan fingerprint density at radius 1 is 1.22 bits per heavy atom. The molecule has 0 radical (unpaired) electrons. The van der Waals surface area contributed by atoms with E-state index in [-0.39, 0.29) is 6.61 Å². The number of fused-ring (bicyclic) bond motifs is 1. The molecule has 0 fully saturated rings. The highest BCUT2D eigenvalue weighted by atomic mass is 79.9. The topological polar surface area (TPSA) is 37.5 Å². The molecule has 4 heteroatoms. The van der Waals surface area contributed by atoms with Crippen molar-refractivity contribution in [1.82, 2.24) is 9.38 Å². The van der Waals surface area contributed by atoms with Gasteiger partial charge in [0.05, 0.1) is 12.3 Å². The van der Waals surface area contributed by atoms with Gasteiger partial charge in [-0.3, -0.25) is 0 Å². The zero-order chi connectivity index (χ0) is 12.5. The molecule has 18 heavy (non-hydrogen) atoms. The van der Waals surface area contributed by atoms with Crippen molar-refractivity contribution < 1.29 is 5.11 Å². The number of aromatic nitrogens is 2. The van der Waals surface area contributed by atoms with Crippen LogP contribution in [0.5, 0.6) is 0 Å². The van der Waals surface area contributed by atoms with E-state index in [9.17, 15) is 5.11 Å². The molecule has 0 bridgehead atoms. The maximum Gasteiger partial charge on any atom is 0.142 e. The lowest BCUT2D eigenvalue weighted by Crippen LogP contribution is -1.90. The van der Waals surface area contributed by atoms with Gasteiger partial charge in [0, 0.05) is 28.0 Å². The number of pyridine rings is 1. The van der Waals surface area contributed by atoms with Gasteiger partial charge in [0.25, 0.3) is 0 Å². The molecule has 1 N–H and O–H groups in total. The first-order valence-corrected chi connectivity index (χ1v) is 6.40. The van der Waals surface area contributed by atoms with Crippen molar-refractivity contribution in [1.29, 1.82) is 0 Å². The lowest BCUT2D eigenvalue weighted by Gasteiger charge is -1.97. The summed E-state index contributed by atoms with van der Waals surface area (Å²) in [6.45, 7) is -0.000717. The lowest BCUT2D eigenvalue weighted by molar-refractivity contribution is 0.282. The number of imidazole rings is 1. The first-order chi connectivity index (χ1) is 8.78. The summed E-state index contributed by atoms with van der Waals surface area (Å²) in [4.78, 5) is 4.58. The first kappa shape index (κ1) is 11.4. The van der Waals surface area contributed by atoms with Gasteiger partial charge in [0.15, 0.2) is 0 Å². The molecule has 1 aromatic carbocycles. The fraction of sp³-hybridized carbons (Fsp3) is 0.0714. The number of halogens is 1. The van der Waals surface area contributed by atoms with Gasteiger partial charge >= 0.3 is 0 Å². The molecular formula is C14H11BrN2O. The summed E-state index contributed by atoms with van der Waals surface area (Å²) in [6, 6.07) is 11.8. The predicted molar refractivity (Wildman–Crippen MR) is 74.3 cm³/mol. The van der Waals surface area contributed by atoms with Crippen molar-refractivity contribution in [3.8, 4) is 11.3 Å². The number of benzene rings is 1. The smallest absolute Gasteiger partial charge is 0.142 e. The zero-order valence-corrected chi connectivity index (χ0v) is 11.1. The predicted octanol–water partition coefficient (Wildman–Crippen LogP) is 3.26. The van der Waals surface area contributed by atoms with Crippen molar-refractivity contribution in [2.24, 2.45) is 0 Å². The quantitative estimate of drug-likeness (QED) is 0.789. The molecule has 0 aliphatic heterocycles. The molecule has 2 heterocycles. The van der Waals surface area contributed by atoms with Crippen LogP contribution < -0.4 is 0 Å². The van der Waals surface area contributed by atoms with Crippen LogP contribution in [0.3, 0.4) is 0 Å². The molecule has 0 spiro atoms. The lowest BCUT2D eigenvalue weighted by atomic mass is 10.2. The van der Waals surface area contributed by atoms with Crippen LogP contribution in [-0.4, -0.2) is 14.5 Å². The summed E-state index contributed by atoms with van der Waals surface area (Å²) in [5.74, 6) is 0. The van der Waals surface area contributed by atoms with Gasteiger partial charge in [-0.25, -0.2) is 4.98 Å². The summed E-state index contributed by atoms with van der Waals surface area (Å²) in [6.07, 6.45) is 3.90. The van der Waals surface area contributed by atoms with Crippen LogP contribution in [0, 0.1) is 0 Å². The molecule has 0 aliphatic carbocycles. The number of hydrogen-bond acceptors (Lipinski definition) is 2. The SMILES string of the molecule is OCc1cccn2cc(-c3cccc(Br)c3)nc12. The van der Waals surface area contributed by atoms with E-state index in [1.165, 1.54) is 0 Å². The highest BCUT2D eigenvalue weighted by Gasteiger charge is 2.07. The monoisotopic (exact) mass is 302 g/mol. The molecule has 0 aliphatic rings. The summed E-state index contributed by atoms with van der Waals surface area (Å²) in [5, 5.41) is 9.30. The Balaban J connectivity index is 2.19. The second-order valence-corrected chi connectivity index (χ2v) is 4.97. The highest BCUT2D eigenvalue weighted by molar-refractivity contribution is 9.10. The number of aliphatic hydroxyl groups is 1. The molecule has 0 amide bonds. The number of hydrogen-bond donors (Lipinski definition) is 1. The minimum Gasteiger partial charge on any atom is -0.392 e. The van der Waals surface area contributed by atoms with E-state index in [4.69, 9.17) is 0 Å². The van der Waals surface area contributed by atoms with E-state index in [2.05, 4.69) is 20.9 Å². The summed E-state index contributed by atoms with van der Waals surface area (Å²) < 4.78 is 2.96. The standard InChI is InChI=1S/C14H11BrN2O/c15-12-5-1-3-10(7-12)13-8-17-6-2-4-11(9-18)14(17)16-13/h1-8,18H,9H2. The van der Waals surface area contributed by atoms with Gasteiger partial charge in [0.1, 0.15) is 5.65 Å². The minimum absolute atomic E-state index is 0.000717. The van der Waals surface area contributed by atoms with Crippen molar-refractivity contribution in [3.05, 3.63) is 58.8 Å². The third-order valence-electron chi connectivity index (χ3n) is 2.85. The molecule has 0 saturated heterocycles. The summed E-state index contributed by atoms with van der Waals surface area (Å²) in [5.41, 5.74) is 3.59. The van der Waals surface area contributed by atoms with E-state index in [0.29, 0.717) is 0 Å². The molecule has 3 nitrogen and oxygen atoms in total. The first-order valence-electron chi connectivity index (χ1n) is 5.61. The molecule has 0 saturated carbocycles. The van der Waals surface area contributed by atoms with Gasteiger partial charge < -0.3 is 9.51 Å². The number of nitrogens with zero attached hydrogens (tertiary/aromatic N) is 2. The van der Waals surface area contributed by atoms with Crippen molar-refractivity contribution in [2.45, 2.75) is 6.61 Å². The molecule has 3 aromatic rings. The van der Waals surface area contributed by atoms with E-state index in [1.807, 2.05) is 53.2 Å². The van der Waals surface area contributed by atoms with Gasteiger partial charge in [0.2, 0.25) is 0 Å². The van der Waals surface area contributed by atoms with Crippen LogP contribution in [0.4, 0.5) is 0 Å². The molecule has 90 valence electrons. The van der Waals surface area contributed by atoms with Gasteiger partial charge in [-0.15, -0.1) is 0 Å². The van der Waals surface area contributed by atoms with Crippen LogP contribution in [0.25, 0.3) is 16.9 Å². The Labute approximate surface area is 113 Å². The number of aliphatic hydroxyl groups excluding tert-OH is 1. The van der Waals surface area contributed by atoms with Gasteiger partial charge in [-0.05, 0) is 18.2 Å². The molecule has 0 unspecified atom stereocenters. The third-order valence-corrected chi connectivity index (χ3v) is 3.35. The average Bonchev–Trinajstić information content (AvgIpc) is 2.82. The Morgan fingerprint density at radius 3 is 2.89 bits per heavy atom. The average molecular weight is 303 g/mol. The Bertz CT molecular complexity index is 706. The molecule has 2 aromatic heterocycles. The van der Waals surface area contributed by atoms with E-state index < -0.39 is 0 Å². The highest BCUT2D eigenvalue weighted by Crippen LogP contribution is 2.23. The van der Waals surface area contributed by atoms with Gasteiger partial charge in [-0.1, -0.05) is 34.1 Å². The van der Waals surface area contributed by atoms with Gasteiger partial charge in [-0.2, -0.15) is 0 Å². The maximum absolute atomic E-state index is 9.30. The fourth-order valence-corrected chi connectivity index (χ4v) is 2.38. The maximum atomic E-state index is 9.30. The second-order valence-electron chi connectivity index (χ2n) is 4.06. The Hall–Kier alpha value is -1.65. The molecule has 3 rings (SSSR count). The summed E-state index contributed by atoms with van der Waals surface area (Å²) >= 11 is 3.46. The Morgan fingerprint density at radius 2 is 2.11 bits per heavy atom. The largest absolute Gasteiger partial charge is 0.392 e.